The summed E-state index contributed by atoms with van der Waals surface area (Å²) in [7, 11) is 3.09. The van der Waals surface area contributed by atoms with Crippen molar-refractivity contribution in [1.82, 2.24) is 28.5 Å². The van der Waals surface area contributed by atoms with E-state index < -0.39 is 5.69 Å². The lowest BCUT2D eigenvalue weighted by Crippen LogP contribution is -2.37. The average Bonchev–Trinajstić information content (AvgIpc) is 3.03. The zero-order valence-corrected chi connectivity index (χ0v) is 14.2. The van der Waals surface area contributed by atoms with Crippen LogP contribution in [0, 0.1) is 13.8 Å². The molecule has 0 radical (unpaired) electrons. The van der Waals surface area contributed by atoms with E-state index in [2.05, 4.69) is 10.1 Å². The summed E-state index contributed by atoms with van der Waals surface area (Å²) in [6, 6.07) is 1.94. The molecule has 0 saturated heterocycles. The van der Waals surface area contributed by atoms with Gasteiger partial charge in [-0.2, -0.15) is 10.1 Å². The van der Waals surface area contributed by atoms with Crippen LogP contribution in [-0.2, 0) is 14.1 Å². The van der Waals surface area contributed by atoms with Crippen LogP contribution in [0.25, 0.3) is 17.1 Å². The third-order valence-electron chi connectivity index (χ3n) is 3.99. The van der Waals surface area contributed by atoms with Crippen molar-refractivity contribution in [2.45, 2.75) is 33.7 Å². The molecule has 23 heavy (non-hydrogen) atoms. The minimum atomic E-state index is -0.393. The Labute approximate surface area is 132 Å². The van der Waals surface area contributed by atoms with E-state index in [4.69, 9.17) is 0 Å². The number of fused-ring (bicyclic) bond motifs is 1. The maximum atomic E-state index is 12.6. The van der Waals surface area contributed by atoms with Gasteiger partial charge in [0.25, 0.3) is 5.56 Å². The Bertz CT molecular complexity index is 1030. The maximum absolute atomic E-state index is 12.6. The second kappa shape index (κ2) is 4.94. The molecule has 8 heteroatoms. The van der Waals surface area contributed by atoms with E-state index in [1.54, 1.807) is 11.7 Å². The van der Waals surface area contributed by atoms with Crippen molar-refractivity contribution in [3.05, 3.63) is 38.3 Å². The first kappa shape index (κ1) is 15.3. The molecule has 0 bridgehead atoms. The molecule has 3 aromatic heterocycles. The van der Waals surface area contributed by atoms with Crippen LogP contribution >= 0.6 is 0 Å². The van der Waals surface area contributed by atoms with E-state index in [-0.39, 0.29) is 11.6 Å². The van der Waals surface area contributed by atoms with Gasteiger partial charge in [0, 0.05) is 25.8 Å². The smallest absolute Gasteiger partial charge is 0.300 e. The van der Waals surface area contributed by atoms with E-state index in [9.17, 15) is 9.59 Å². The standard InChI is InChI=1S/C15H20N6O2/c1-8(2)20-11-12(18(5)15(23)19(6)13(11)22)16-14(20)21-10(4)7-9(3)17-21/h7-8H,1-6H3. The molecule has 0 aliphatic rings. The van der Waals surface area contributed by atoms with Gasteiger partial charge < -0.3 is 0 Å². The summed E-state index contributed by atoms with van der Waals surface area (Å²) in [6.45, 7) is 7.78. The number of nitrogens with zero attached hydrogens (tertiary/aromatic N) is 6. The Kier molecular flexibility index (Phi) is 3.28. The molecule has 8 nitrogen and oxygen atoms in total. The molecule has 0 atom stereocenters. The summed E-state index contributed by atoms with van der Waals surface area (Å²) in [6.07, 6.45) is 0. The molecule has 0 fully saturated rings. The van der Waals surface area contributed by atoms with E-state index >= 15 is 0 Å². The number of rotatable bonds is 2. The molecule has 122 valence electrons. The van der Waals surface area contributed by atoms with Crippen LogP contribution in [0.15, 0.2) is 15.7 Å². The number of aryl methyl sites for hydroxylation is 3. The molecule has 3 aromatic rings. The van der Waals surface area contributed by atoms with Crippen molar-refractivity contribution in [2.24, 2.45) is 14.1 Å². The summed E-state index contributed by atoms with van der Waals surface area (Å²) in [4.78, 5) is 29.3. The van der Waals surface area contributed by atoms with Crippen LogP contribution in [0.1, 0.15) is 31.3 Å². The zero-order valence-electron chi connectivity index (χ0n) is 14.2. The van der Waals surface area contributed by atoms with E-state index in [1.165, 1.54) is 11.6 Å². The van der Waals surface area contributed by atoms with Crippen LogP contribution < -0.4 is 11.2 Å². The fraction of sp³-hybridized carbons (Fsp3) is 0.467. The third-order valence-corrected chi connectivity index (χ3v) is 3.99. The van der Waals surface area contributed by atoms with Crippen LogP contribution in [0.4, 0.5) is 0 Å². The Balaban J connectivity index is 2.55. The molecule has 3 rings (SSSR count). The fourth-order valence-electron chi connectivity index (χ4n) is 2.87. The van der Waals surface area contributed by atoms with Crippen LogP contribution in [0.3, 0.4) is 0 Å². The van der Waals surface area contributed by atoms with Crippen molar-refractivity contribution < 1.29 is 0 Å². The molecular weight excluding hydrogens is 296 g/mol. The first-order chi connectivity index (χ1) is 10.7. The Hall–Kier alpha value is -2.64. The fourth-order valence-corrected chi connectivity index (χ4v) is 2.87. The number of hydrogen-bond acceptors (Lipinski definition) is 4. The van der Waals surface area contributed by atoms with Gasteiger partial charge in [-0.1, -0.05) is 0 Å². The highest BCUT2D eigenvalue weighted by molar-refractivity contribution is 5.73. The highest BCUT2D eigenvalue weighted by Gasteiger charge is 2.22. The summed E-state index contributed by atoms with van der Waals surface area (Å²) in [5.41, 5.74) is 1.82. The van der Waals surface area contributed by atoms with Crippen molar-refractivity contribution in [1.29, 1.82) is 0 Å². The summed E-state index contributed by atoms with van der Waals surface area (Å²) in [5.74, 6) is 0.541. The second-order valence-corrected chi connectivity index (χ2v) is 6.09. The molecule has 0 unspecified atom stereocenters. The van der Waals surface area contributed by atoms with Gasteiger partial charge in [-0.25, -0.2) is 9.48 Å². The molecule has 0 aromatic carbocycles. The molecule has 0 aliphatic heterocycles. The van der Waals surface area contributed by atoms with Crippen molar-refractivity contribution >= 4 is 11.2 Å². The Morgan fingerprint density at radius 3 is 2.26 bits per heavy atom. The molecular formula is C15H20N6O2. The van der Waals surface area contributed by atoms with E-state index in [1.807, 2.05) is 38.3 Å². The summed E-state index contributed by atoms with van der Waals surface area (Å²) in [5, 5.41) is 4.46. The van der Waals surface area contributed by atoms with E-state index in [0.717, 1.165) is 16.0 Å². The first-order valence-corrected chi connectivity index (χ1v) is 7.45. The van der Waals surface area contributed by atoms with Crippen LogP contribution in [0.2, 0.25) is 0 Å². The molecule has 0 spiro atoms. The van der Waals surface area contributed by atoms with Gasteiger partial charge in [-0.05, 0) is 33.8 Å². The minimum absolute atomic E-state index is 0.0101. The van der Waals surface area contributed by atoms with Crippen LogP contribution in [0.5, 0.6) is 0 Å². The number of imidazole rings is 1. The topological polar surface area (TPSA) is 79.6 Å². The highest BCUT2D eigenvalue weighted by atomic mass is 16.2. The van der Waals surface area contributed by atoms with Crippen LogP contribution in [-0.4, -0.2) is 28.5 Å². The van der Waals surface area contributed by atoms with Gasteiger partial charge in [0.15, 0.2) is 11.2 Å². The quantitative estimate of drug-likeness (QED) is 0.701. The monoisotopic (exact) mass is 316 g/mol. The lowest BCUT2D eigenvalue weighted by Gasteiger charge is -2.13. The lowest BCUT2D eigenvalue weighted by atomic mass is 10.3. The molecule has 0 amide bonds. The maximum Gasteiger partial charge on any atom is 0.332 e. The third kappa shape index (κ3) is 2.05. The largest absolute Gasteiger partial charge is 0.332 e. The Morgan fingerprint density at radius 2 is 1.74 bits per heavy atom. The summed E-state index contributed by atoms with van der Waals surface area (Å²) < 4.78 is 6.04. The predicted octanol–water partition coefficient (Wildman–Crippen LogP) is 0.817. The van der Waals surface area contributed by atoms with Gasteiger partial charge in [0.05, 0.1) is 5.69 Å². The molecule has 3 heterocycles. The van der Waals surface area contributed by atoms with E-state index in [0.29, 0.717) is 17.1 Å². The van der Waals surface area contributed by atoms with Gasteiger partial charge in [-0.15, -0.1) is 0 Å². The minimum Gasteiger partial charge on any atom is -0.300 e. The normalized spacial score (nSPS) is 11.8. The first-order valence-electron chi connectivity index (χ1n) is 7.45. The Morgan fingerprint density at radius 1 is 1.09 bits per heavy atom. The molecule has 0 saturated carbocycles. The van der Waals surface area contributed by atoms with Gasteiger partial charge in [0.1, 0.15) is 0 Å². The average molecular weight is 316 g/mol. The molecule has 0 aliphatic carbocycles. The predicted molar refractivity (Wildman–Crippen MR) is 87.2 cm³/mol. The second-order valence-electron chi connectivity index (χ2n) is 6.09. The molecule has 0 N–H and O–H groups in total. The van der Waals surface area contributed by atoms with Crippen molar-refractivity contribution in [2.75, 3.05) is 0 Å². The van der Waals surface area contributed by atoms with Gasteiger partial charge in [0.2, 0.25) is 5.95 Å². The SMILES string of the molecule is Cc1cc(C)n(-c2nc3c(c(=O)n(C)c(=O)n3C)n2C(C)C)n1. The lowest BCUT2D eigenvalue weighted by molar-refractivity contribution is 0.579. The summed E-state index contributed by atoms with van der Waals surface area (Å²) >= 11 is 0. The zero-order chi connectivity index (χ0) is 17.0. The number of hydrogen-bond donors (Lipinski definition) is 0. The highest BCUT2D eigenvalue weighted by Crippen LogP contribution is 2.21. The number of aromatic nitrogens is 6. The van der Waals surface area contributed by atoms with Gasteiger partial charge in [-0.3, -0.25) is 18.5 Å². The van der Waals surface area contributed by atoms with Crippen molar-refractivity contribution in [3.8, 4) is 5.95 Å². The van der Waals surface area contributed by atoms with Gasteiger partial charge >= 0.3 is 5.69 Å². The van der Waals surface area contributed by atoms with Crippen molar-refractivity contribution in [3.63, 3.8) is 0 Å².